The van der Waals surface area contributed by atoms with Gasteiger partial charge in [0.25, 0.3) is 0 Å². The van der Waals surface area contributed by atoms with Gasteiger partial charge in [0, 0.05) is 70.4 Å². The van der Waals surface area contributed by atoms with Crippen molar-refractivity contribution in [1.82, 2.24) is 19.6 Å². The van der Waals surface area contributed by atoms with Gasteiger partial charge in [-0.05, 0) is 19.8 Å². The average Bonchev–Trinajstić information content (AvgIpc) is 3.16. The quantitative estimate of drug-likeness (QED) is 0.226. The number of nitrogens with zero attached hydrogens (tertiary/aromatic N) is 5. The summed E-state index contributed by atoms with van der Waals surface area (Å²) in [6, 6.07) is 0. The smallest absolute Gasteiger partial charge is 0.205 e. The number of rotatable bonds is 10. The maximum atomic E-state index is 5.61. The fraction of sp³-hybridized carbons (Fsp3) is 0.833. The second-order valence-corrected chi connectivity index (χ2v) is 7.11. The van der Waals surface area contributed by atoms with E-state index in [1.165, 1.54) is 18.0 Å². The van der Waals surface area contributed by atoms with Crippen molar-refractivity contribution < 1.29 is 4.74 Å². The molecule has 1 aromatic heterocycles. The van der Waals surface area contributed by atoms with Crippen LogP contribution >= 0.6 is 35.5 Å². The number of aromatic nitrogens is 2. The van der Waals surface area contributed by atoms with E-state index in [4.69, 9.17) is 9.73 Å². The van der Waals surface area contributed by atoms with Crippen LogP contribution in [0, 0.1) is 0 Å². The molecule has 1 fully saturated rings. The summed E-state index contributed by atoms with van der Waals surface area (Å²) in [5, 5.41) is 4.47. The van der Waals surface area contributed by atoms with Crippen molar-refractivity contribution in [2.45, 2.75) is 46.5 Å². The lowest BCUT2D eigenvalue weighted by Gasteiger charge is -2.36. The molecule has 2 rings (SSSR count). The van der Waals surface area contributed by atoms with Crippen LogP contribution in [-0.2, 0) is 11.2 Å². The Labute approximate surface area is 185 Å². The van der Waals surface area contributed by atoms with Gasteiger partial charge in [0.15, 0.2) is 5.96 Å². The number of piperazine rings is 1. The minimum absolute atomic E-state index is 0. The maximum absolute atomic E-state index is 5.61. The molecule has 0 aromatic carbocycles. The highest BCUT2D eigenvalue weighted by Crippen LogP contribution is 2.19. The Morgan fingerprint density at radius 2 is 1.89 bits per heavy atom. The number of hydrogen-bond acceptors (Lipinski definition) is 6. The first-order chi connectivity index (χ1) is 12.8. The minimum atomic E-state index is 0. The van der Waals surface area contributed by atoms with Gasteiger partial charge in [-0.25, -0.2) is 4.98 Å². The highest BCUT2D eigenvalue weighted by molar-refractivity contribution is 14.0. The van der Waals surface area contributed by atoms with E-state index in [1.807, 2.05) is 0 Å². The van der Waals surface area contributed by atoms with E-state index in [9.17, 15) is 0 Å². The van der Waals surface area contributed by atoms with E-state index in [1.54, 1.807) is 0 Å². The summed E-state index contributed by atoms with van der Waals surface area (Å²) in [4.78, 5) is 14.1. The van der Waals surface area contributed by atoms with Gasteiger partial charge < -0.3 is 19.9 Å². The van der Waals surface area contributed by atoms with Gasteiger partial charge in [0.05, 0.1) is 0 Å². The number of nitrogens with one attached hydrogen (secondary N) is 1. The highest BCUT2D eigenvalue weighted by Gasteiger charge is 2.21. The third kappa shape index (κ3) is 8.47. The van der Waals surface area contributed by atoms with Gasteiger partial charge in [0.1, 0.15) is 5.82 Å². The molecule has 0 bridgehead atoms. The Hall–Kier alpha value is -0.680. The molecule has 7 nitrogen and oxygen atoms in total. The molecule has 0 spiro atoms. The molecule has 0 amide bonds. The number of unbranched alkanes of at least 4 members (excludes halogenated alkanes) is 1. The van der Waals surface area contributed by atoms with Crippen LogP contribution in [0.25, 0.3) is 0 Å². The second kappa shape index (κ2) is 14.3. The number of guanidine groups is 1. The van der Waals surface area contributed by atoms with Crippen LogP contribution in [0.4, 0.5) is 5.13 Å². The van der Waals surface area contributed by atoms with Crippen LogP contribution in [0.5, 0.6) is 0 Å². The largest absolute Gasteiger partial charge is 0.381 e. The van der Waals surface area contributed by atoms with Crippen LogP contribution in [0.1, 0.15) is 45.9 Å². The van der Waals surface area contributed by atoms with E-state index in [2.05, 4.69) is 45.2 Å². The lowest BCUT2D eigenvalue weighted by molar-refractivity contribution is 0.130. The van der Waals surface area contributed by atoms with Crippen LogP contribution in [0.15, 0.2) is 4.99 Å². The average molecular weight is 510 g/mol. The molecular weight excluding hydrogens is 475 g/mol. The first kappa shape index (κ1) is 24.4. The van der Waals surface area contributed by atoms with E-state index in [0.29, 0.717) is 0 Å². The number of aliphatic imine (C=N–C) groups is 1. The fourth-order valence-corrected chi connectivity index (χ4v) is 3.55. The first-order valence-electron chi connectivity index (χ1n) is 9.97. The molecule has 27 heavy (non-hydrogen) atoms. The predicted octanol–water partition coefficient (Wildman–Crippen LogP) is 3.01. The number of anilines is 1. The lowest BCUT2D eigenvalue weighted by Crippen LogP contribution is -2.52. The number of halogens is 1. The number of aryl methyl sites for hydroxylation is 1. The Balaban J connectivity index is 0.00000364. The molecule has 1 N–H and O–H groups in total. The highest BCUT2D eigenvalue weighted by atomic mass is 127. The normalized spacial score (nSPS) is 15.0. The van der Waals surface area contributed by atoms with Crippen molar-refractivity contribution in [2.75, 3.05) is 57.4 Å². The molecule has 0 unspecified atom stereocenters. The molecule has 0 atom stereocenters. The van der Waals surface area contributed by atoms with Gasteiger partial charge in [0.2, 0.25) is 5.13 Å². The van der Waals surface area contributed by atoms with E-state index in [0.717, 1.165) is 88.7 Å². The molecular formula is C18H35IN6OS. The molecule has 1 saturated heterocycles. The summed E-state index contributed by atoms with van der Waals surface area (Å²) in [6.07, 6.45) is 4.20. The zero-order chi connectivity index (χ0) is 18.6. The van der Waals surface area contributed by atoms with Crippen LogP contribution in [-0.4, -0.2) is 72.7 Å². The Kier molecular flexibility index (Phi) is 12.9. The summed E-state index contributed by atoms with van der Waals surface area (Å²) >= 11 is 1.51. The summed E-state index contributed by atoms with van der Waals surface area (Å²) in [7, 11) is 0. The molecule has 0 aliphatic carbocycles. The standard InChI is InChI=1S/C18H34N6OS.HI/c1-4-7-14-25-15-8-9-20-17(19-6-3)23-10-12-24(13-11-23)18-21-16(5-2)22-26-18;/h4-15H2,1-3H3,(H,19,20);1H. The molecule has 1 aliphatic heterocycles. The Morgan fingerprint density at radius 3 is 2.52 bits per heavy atom. The Morgan fingerprint density at radius 1 is 1.15 bits per heavy atom. The summed E-state index contributed by atoms with van der Waals surface area (Å²) in [5.41, 5.74) is 0. The SMILES string of the molecule is CCCCOCCCN=C(NCC)N1CCN(c2nc(CC)ns2)CC1.I. The first-order valence-corrected chi connectivity index (χ1v) is 10.7. The Bertz CT molecular complexity index is 534. The van der Waals surface area contributed by atoms with Crippen LogP contribution in [0.2, 0.25) is 0 Å². The van der Waals surface area contributed by atoms with Crippen molar-refractivity contribution in [3.8, 4) is 0 Å². The van der Waals surface area contributed by atoms with E-state index >= 15 is 0 Å². The summed E-state index contributed by atoms with van der Waals surface area (Å²) < 4.78 is 10.0. The zero-order valence-corrected chi connectivity index (χ0v) is 20.1. The van der Waals surface area contributed by atoms with E-state index in [-0.39, 0.29) is 24.0 Å². The van der Waals surface area contributed by atoms with Gasteiger partial charge >= 0.3 is 0 Å². The molecule has 0 saturated carbocycles. The predicted molar refractivity (Wildman–Crippen MR) is 125 cm³/mol. The van der Waals surface area contributed by atoms with Crippen molar-refractivity contribution >= 4 is 46.6 Å². The number of hydrogen-bond donors (Lipinski definition) is 1. The third-order valence-electron chi connectivity index (χ3n) is 4.31. The molecule has 9 heteroatoms. The molecule has 1 aromatic rings. The van der Waals surface area contributed by atoms with Crippen molar-refractivity contribution in [3.05, 3.63) is 5.82 Å². The van der Waals surface area contributed by atoms with Gasteiger partial charge in [-0.1, -0.05) is 20.3 Å². The minimum Gasteiger partial charge on any atom is -0.381 e. The number of ether oxygens (including phenoxy) is 1. The van der Waals surface area contributed by atoms with Gasteiger partial charge in [-0.2, -0.15) is 4.37 Å². The molecule has 1 aliphatic rings. The fourth-order valence-electron chi connectivity index (χ4n) is 2.75. The van der Waals surface area contributed by atoms with Crippen molar-refractivity contribution in [1.29, 1.82) is 0 Å². The second-order valence-electron chi connectivity index (χ2n) is 6.38. The van der Waals surface area contributed by atoms with E-state index < -0.39 is 0 Å². The summed E-state index contributed by atoms with van der Waals surface area (Å²) in [5.74, 6) is 1.97. The maximum Gasteiger partial charge on any atom is 0.205 e. The van der Waals surface area contributed by atoms with Crippen molar-refractivity contribution in [3.63, 3.8) is 0 Å². The third-order valence-corrected chi connectivity index (χ3v) is 5.12. The summed E-state index contributed by atoms with van der Waals surface area (Å²) in [6.45, 7) is 13.6. The van der Waals surface area contributed by atoms with Gasteiger partial charge in [-0.15, -0.1) is 24.0 Å². The monoisotopic (exact) mass is 510 g/mol. The van der Waals surface area contributed by atoms with Gasteiger partial charge in [-0.3, -0.25) is 4.99 Å². The lowest BCUT2D eigenvalue weighted by atomic mass is 10.3. The molecule has 0 radical (unpaired) electrons. The molecule has 2 heterocycles. The van der Waals surface area contributed by atoms with Crippen molar-refractivity contribution in [2.24, 2.45) is 4.99 Å². The topological polar surface area (TPSA) is 65.9 Å². The zero-order valence-electron chi connectivity index (χ0n) is 16.9. The van der Waals surface area contributed by atoms with Crippen LogP contribution in [0.3, 0.4) is 0 Å². The van der Waals surface area contributed by atoms with Crippen LogP contribution < -0.4 is 10.2 Å². The molecule has 156 valence electrons.